The Hall–Kier alpha value is -1.43. The van der Waals surface area contributed by atoms with Gasteiger partial charge in [-0.3, -0.25) is 10.1 Å². The van der Waals surface area contributed by atoms with E-state index < -0.39 is 4.92 Å². The smallest absolute Gasteiger partial charge is 0.348 e. The van der Waals surface area contributed by atoms with Crippen molar-refractivity contribution < 1.29 is 4.92 Å². The molecule has 0 atom stereocenters. The Morgan fingerprint density at radius 1 is 1.42 bits per heavy atom. The Labute approximate surface area is 116 Å². The van der Waals surface area contributed by atoms with E-state index in [2.05, 4.69) is 15.3 Å². The van der Waals surface area contributed by atoms with Crippen molar-refractivity contribution in [3.63, 3.8) is 0 Å². The van der Waals surface area contributed by atoms with Gasteiger partial charge < -0.3 is 5.32 Å². The van der Waals surface area contributed by atoms with E-state index in [0.717, 1.165) is 32.1 Å². The topological polar surface area (TPSA) is 81.0 Å². The lowest BCUT2D eigenvalue weighted by atomic mass is 10.2. The van der Waals surface area contributed by atoms with Gasteiger partial charge in [-0.05, 0) is 19.3 Å². The second-order valence-corrected chi connectivity index (χ2v) is 5.12. The molecule has 1 aromatic rings. The van der Waals surface area contributed by atoms with Gasteiger partial charge in [-0.2, -0.15) is 0 Å². The number of hydrogen-bond donors (Lipinski definition) is 1. The predicted molar refractivity (Wildman–Crippen MR) is 73.6 cm³/mol. The van der Waals surface area contributed by atoms with E-state index in [0.29, 0.717) is 12.2 Å². The minimum Gasteiger partial charge on any atom is -0.361 e. The minimum absolute atomic E-state index is 0.0797. The lowest BCUT2D eigenvalue weighted by molar-refractivity contribution is -0.384. The highest BCUT2D eigenvalue weighted by molar-refractivity contribution is 6.31. The van der Waals surface area contributed by atoms with E-state index in [1.165, 1.54) is 0 Å². The molecule has 0 unspecified atom stereocenters. The summed E-state index contributed by atoms with van der Waals surface area (Å²) in [5.74, 6) is 0.818. The highest BCUT2D eigenvalue weighted by Gasteiger charge is 2.26. The molecule has 0 bridgehead atoms. The number of anilines is 1. The highest BCUT2D eigenvalue weighted by atomic mass is 35.5. The van der Waals surface area contributed by atoms with Gasteiger partial charge in [-0.1, -0.05) is 31.4 Å². The Morgan fingerprint density at radius 2 is 2.11 bits per heavy atom. The number of aromatic nitrogens is 2. The molecule has 0 saturated heterocycles. The Kier molecular flexibility index (Phi) is 4.52. The molecule has 6 nitrogen and oxygen atoms in total. The third-order valence-corrected chi connectivity index (χ3v) is 3.50. The van der Waals surface area contributed by atoms with Crippen LogP contribution in [0.3, 0.4) is 0 Å². The van der Waals surface area contributed by atoms with Gasteiger partial charge in [0.15, 0.2) is 0 Å². The molecule has 1 saturated carbocycles. The summed E-state index contributed by atoms with van der Waals surface area (Å²) >= 11 is 5.92. The van der Waals surface area contributed by atoms with Crippen molar-refractivity contribution in [3.05, 3.63) is 21.1 Å². The molecule has 1 fully saturated rings. The van der Waals surface area contributed by atoms with E-state index >= 15 is 0 Å². The molecule has 1 aliphatic carbocycles. The van der Waals surface area contributed by atoms with Gasteiger partial charge in [-0.15, -0.1) is 0 Å². The van der Waals surface area contributed by atoms with E-state index in [1.54, 1.807) is 0 Å². The average molecular weight is 285 g/mol. The van der Waals surface area contributed by atoms with Crippen LogP contribution < -0.4 is 5.32 Å². The first-order valence-electron chi connectivity index (χ1n) is 6.59. The number of nitrogens with one attached hydrogen (secondary N) is 1. The van der Waals surface area contributed by atoms with Gasteiger partial charge >= 0.3 is 5.69 Å². The first kappa shape index (κ1) is 14.0. The fourth-order valence-corrected chi connectivity index (χ4v) is 2.59. The first-order valence-corrected chi connectivity index (χ1v) is 6.97. The van der Waals surface area contributed by atoms with Crippen LogP contribution in [0.5, 0.6) is 0 Å². The summed E-state index contributed by atoms with van der Waals surface area (Å²) in [4.78, 5) is 18.8. The highest BCUT2D eigenvalue weighted by Crippen LogP contribution is 2.32. The summed E-state index contributed by atoms with van der Waals surface area (Å²) in [6, 6.07) is 0.249. The van der Waals surface area contributed by atoms with Crippen LogP contribution >= 0.6 is 11.6 Å². The van der Waals surface area contributed by atoms with E-state index in [-0.39, 0.29) is 22.7 Å². The van der Waals surface area contributed by atoms with Crippen LogP contribution in [0.2, 0.25) is 5.15 Å². The summed E-state index contributed by atoms with van der Waals surface area (Å²) in [6.45, 7) is 2.00. The molecule has 0 amide bonds. The van der Waals surface area contributed by atoms with Crippen LogP contribution in [0.4, 0.5) is 11.5 Å². The maximum Gasteiger partial charge on any atom is 0.348 e. The van der Waals surface area contributed by atoms with Gasteiger partial charge in [0.25, 0.3) is 0 Å². The summed E-state index contributed by atoms with van der Waals surface area (Å²) in [5, 5.41) is 14.2. The van der Waals surface area contributed by atoms with Gasteiger partial charge in [0.1, 0.15) is 5.82 Å². The molecule has 0 radical (unpaired) electrons. The fourth-order valence-electron chi connectivity index (χ4n) is 2.33. The number of rotatable bonds is 5. The second kappa shape index (κ2) is 6.14. The number of halogens is 1. The Morgan fingerprint density at radius 3 is 2.68 bits per heavy atom. The standard InChI is InChI=1S/C12H17ClN4O2/c1-2-5-9-15-11(13)10(17(18)19)12(16-9)14-8-6-3-4-7-8/h8H,2-7H2,1H3,(H,14,15,16). The van der Waals surface area contributed by atoms with Crippen LogP contribution in [-0.4, -0.2) is 20.9 Å². The summed E-state index contributed by atoms with van der Waals surface area (Å²) < 4.78 is 0. The third kappa shape index (κ3) is 3.32. The van der Waals surface area contributed by atoms with Crippen LogP contribution in [0.15, 0.2) is 0 Å². The van der Waals surface area contributed by atoms with Crippen molar-refractivity contribution >= 4 is 23.1 Å². The van der Waals surface area contributed by atoms with Crippen molar-refractivity contribution in [2.75, 3.05) is 5.32 Å². The van der Waals surface area contributed by atoms with Gasteiger partial charge in [0.2, 0.25) is 11.0 Å². The molecule has 1 aromatic heterocycles. The normalized spacial score (nSPS) is 15.7. The summed E-state index contributed by atoms with van der Waals surface area (Å²) in [5.41, 5.74) is -0.214. The molecule has 1 N–H and O–H groups in total. The van der Waals surface area contributed by atoms with Crippen LogP contribution in [-0.2, 0) is 6.42 Å². The second-order valence-electron chi connectivity index (χ2n) is 4.76. The molecular weight excluding hydrogens is 268 g/mol. The quantitative estimate of drug-likeness (QED) is 0.509. The molecule has 7 heteroatoms. The minimum atomic E-state index is -0.519. The molecule has 104 valence electrons. The molecule has 2 rings (SSSR count). The van der Waals surface area contributed by atoms with Crippen LogP contribution in [0.1, 0.15) is 44.9 Å². The molecule has 1 aliphatic rings. The molecule has 1 heterocycles. The Balaban J connectivity index is 2.32. The molecular formula is C12H17ClN4O2. The molecule has 0 spiro atoms. The largest absolute Gasteiger partial charge is 0.361 e. The van der Waals surface area contributed by atoms with Crippen LogP contribution in [0, 0.1) is 10.1 Å². The van der Waals surface area contributed by atoms with Crippen molar-refractivity contribution in [3.8, 4) is 0 Å². The number of aryl methyl sites for hydroxylation is 1. The molecule has 19 heavy (non-hydrogen) atoms. The Bertz CT molecular complexity index is 475. The zero-order valence-electron chi connectivity index (χ0n) is 10.9. The summed E-state index contributed by atoms with van der Waals surface area (Å²) in [6.07, 6.45) is 5.86. The van der Waals surface area contributed by atoms with Crippen LogP contribution in [0.25, 0.3) is 0 Å². The lowest BCUT2D eigenvalue weighted by Crippen LogP contribution is -2.18. The van der Waals surface area contributed by atoms with Gasteiger partial charge in [0.05, 0.1) is 4.92 Å². The average Bonchev–Trinajstić information content (AvgIpc) is 2.81. The summed E-state index contributed by atoms with van der Waals surface area (Å²) in [7, 11) is 0. The van der Waals surface area contributed by atoms with E-state index in [4.69, 9.17) is 11.6 Å². The van der Waals surface area contributed by atoms with Gasteiger partial charge in [0, 0.05) is 12.5 Å². The number of nitro groups is 1. The number of nitrogens with zero attached hydrogens (tertiary/aromatic N) is 3. The lowest BCUT2D eigenvalue weighted by Gasteiger charge is -2.13. The predicted octanol–water partition coefficient (Wildman–Crippen LogP) is 3.35. The van der Waals surface area contributed by atoms with Crippen molar-refractivity contribution in [2.24, 2.45) is 0 Å². The zero-order valence-corrected chi connectivity index (χ0v) is 11.6. The SMILES string of the molecule is CCCc1nc(Cl)c([N+](=O)[O-])c(NC2CCCC2)n1. The maximum atomic E-state index is 11.1. The zero-order chi connectivity index (χ0) is 13.8. The first-order chi connectivity index (χ1) is 9.11. The van der Waals surface area contributed by atoms with E-state index in [9.17, 15) is 10.1 Å². The monoisotopic (exact) mass is 284 g/mol. The molecule has 0 aromatic carbocycles. The van der Waals surface area contributed by atoms with E-state index in [1.807, 2.05) is 6.92 Å². The maximum absolute atomic E-state index is 11.1. The fraction of sp³-hybridized carbons (Fsp3) is 0.667. The van der Waals surface area contributed by atoms with Crippen molar-refractivity contribution in [2.45, 2.75) is 51.5 Å². The van der Waals surface area contributed by atoms with Crippen molar-refractivity contribution in [1.82, 2.24) is 9.97 Å². The van der Waals surface area contributed by atoms with Gasteiger partial charge in [-0.25, -0.2) is 9.97 Å². The molecule has 0 aliphatic heterocycles. The van der Waals surface area contributed by atoms with Crippen molar-refractivity contribution in [1.29, 1.82) is 0 Å². The third-order valence-electron chi connectivity index (χ3n) is 3.24. The number of hydrogen-bond acceptors (Lipinski definition) is 5.